The van der Waals surface area contributed by atoms with Crippen molar-refractivity contribution in [2.45, 2.75) is 37.9 Å². The Labute approximate surface area is 197 Å². The van der Waals surface area contributed by atoms with E-state index in [1.54, 1.807) is 33.3 Å². The van der Waals surface area contributed by atoms with Gasteiger partial charge in [-0.25, -0.2) is 4.39 Å². The lowest BCUT2D eigenvalue weighted by Gasteiger charge is -2.30. The fourth-order valence-electron chi connectivity index (χ4n) is 3.18. The molecule has 168 valence electrons. The summed E-state index contributed by atoms with van der Waals surface area (Å²) in [7, 11) is 0. The molecule has 1 heterocycles. The van der Waals surface area contributed by atoms with Crippen LogP contribution >= 0.6 is 23.1 Å². The molecule has 3 aromatic rings. The Morgan fingerprint density at radius 3 is 2.28 bits per heavy atom. The average molecular weight is 471 g/mol. The van der Waals surface area contributed by atoms with Crippen LogP contribution in [0.25, 0.3) is 0 Å². The molecule has 3 rings (SSSR count). The number of carbonyl (C=O) groups excluding carboxylic acids is 2. The van der Waals surface area contributed by atoms with Gasteiger partial charge in [-0.3, -0.25) is 9.59 Å². The molecule has 2 aromatic carbocycles. The number of carbonyl (C=O) groups is 2. The molecule has 2 amide bonds. The molecular formula is C25H27FN2O2S2. The van der Waals surface area contributed by atoms with Crippen molar-refractivity contribution in [3.8, 4) is 0 Å². The molecule has 0 fully saturated rings. The molecule has 0 saturated carbocycles. The van der Waals surface area contributed by atoms with E-state index in [9.17, 15) is 14.0 Å². The standard InChI is InChI=1S/C25H27FN2O2S2/c1-19(2)28(25(30)18-32-22-7-4-3-5-8-22)17-24(29)27(16-23-9-6-14-31-23)15-20-10-12-21(26)13-11-20/h3-14,19H,15-18H2,1-2H3. The summed E-state index contributed by atoms with van der Waals surface area (Å²) < 4.78 is 13.3. The van der Waals surface area contributed by atoms with Crippen LogP contribution < -0.4 is 0 Å². The quantitative estimate of drug-likeness (QED) is 0.370. The molecule has 0 atom stereocenters. The zero-order chi connectivity index (χ0) is 22.9. The normalized spacial score (nSPS) is 10.9. The Balaban J connectivity index is 1.69. The first-order valence-electron chi connectivity index (χ1n) is 10.4. The lowest BCUT2D eigenvalue weighted by atomic mass is 10.2. The highest BCUT2D eigenvalue weighted by Gasteiger charge is 2.24. The predicted octanol–water partition coefficient (Wildman–Crippen LogP) is 5.45. The molecule has 0 bridgehead atoms. The van der Waals surface area contributed by atoms with E-state index in [1.807, 2.05) is 61.7 Å². The first-order valence-corrected chi connectivity index (χ1v) is 12.3. The van der Waals surface area contributed by atoms with E-state index in [0.29, 0.717) is 13.1 Å². The summed E-state index contributed by atoms with van der Waals surface area (Å²) in [6.07, 6.45) is 0. The van der Waals surface area contributed by atoms with Crippen LogP contribution in [0, 0.1) is 5.82 Å². The second kappa shape index (κ2) is 11.8. The summed E-state index contributed by atoms with van der Waals surface area (Å²) in [5, 5.41) is 1.97. The first kappa shape index (κ1) is 24.0. The molecule has 0 radical (unpaired) electrons. The Morgan fingerprint density at radius 1 is 0.938 bits per heavy atom. The van der Waals surface area contributed by atoms with Crippen LogP contribution in [0.1, 0.15) is 24.3 Å². The molecule has 32 heavy (non-hydrogen) atoms. The van der Waals surface area contributed by atoms with Gasteiger partial charge in [0.05, 0.1) is 12.3 Å². The van der Waals surface area contributed by atoms with E-state index in [2.05, 4.69) is 0 Å². The first-order chi connectivity index (χ1) is 15.4. The second-order valence-electron chi connectivity index (χ2n) is 7.67. The summed E-state index contributed by atoms with van der Waals surface area (Å²) in [6, 6.07) is 19.7. The smallest absolute Gasteiger partial charge is 0.242 e. The van der Waals surface area contributed by atoms with Crippen LogP contribution in [-0.4, -0.2) is 40.0 Å². The van der Waals surface area contributed by atoms with Gasteiger partial charge in [0.25, 0.3) is 0 Å². The third-order valence-corrected chi connectivity index (χ3v) is 6.78. The van der Waals surface area contributed by atoms with E-state index in [-0.39, 0.29) is 36.0 Å². The van der Waals surface area contributed by atoms with E-state index in [1.165, 1.54) is 23.9 Å². The summed E-state index contributed by atoms with van der Waals surface area (Å²) in [4.78, 5) is 31.6. The third-order valence-electron chi connectivity index (χ3n) is 4.92. The molecule has 1 aromatic heterocycles. The third kappa shape index (κ3) is 7.21. The van der Waals surface area contributed by atoms with Crippen LogP contribution in [0.3, 0.4) is 0 Å². The van der Waals surface area contributed by atoms with Crippen molar-refractivity contribution in [3.63, 3.8) is 0 Å². The Morgan fingerprint density at radius 2 is 1.66 bits per heavy atom. The van der Waals surface area contributed by atoms with Crippen molar-refractivity contribution < 1.29 is 14.0 Å². The van der Waals surface area contributed by atoms with Gasteiger partial charge in [0, 0.05) is 22.4 Å². The van der Waals surface area contributed by atoms with E-state index < -0.39 is 0 Å². The summed E-state index contributed by atoms with van der Waals surface area (Å²) in [5.74, 6) is -0.231. The number of hydrogen-bond donors (Lipinski definition) is 0. The minimum Gasteiger partial charge on any atom is -0.332 e. The number of thiophene rings is 1. The average Bonchev–Trinajstić information content (AvgIpc) is 3.30. The molecule has 0 spiro atoms. The van der Waals surface area contributed by atoms with Gasteiger partial charge in [0.2, 0.25) is 11.8 Å². The van der Waals surface area contributed by atoms with Crippen LogP contribution in [-0.2, 0) is 22.7 Å². The van der Waals surface area contributed by atoms with Crippen LogP contribution in [0.5, 0.6) is 0 Å². The molecule has 0 aliphatic rings. The summed E-state index contributed by atoms with van der Waals surface area (Å²) >= 11 is 3.05. The van der Waals surface area contributed by atoms with Gasteiger partial charge in [-0.1, -0.05) is 36.4 Å². The van der Waals surface area contributed by atoms with Gasteiger partial charge in [-0.2, -0.15) is 0 Å². The molecule has 0 N–H and O–H groups in total. The van der Waals surface area contributed by atoms with Gasteiger partial charge >= 0.3 is 0 Å². The molecule has 0 aliphatic heterocycles. The molecule has 7 heteroatoms. The highest BCUT2D eigenvalue weighted by atomic mass is 32.2. The number of hydrogen-bond acceptors (Lipinski definition) is 4. The maximum absolute atomic E-state index is 13.3. The van der Waals surface area contributed by atoms with Crippen molar-refractivity contribution in [2.24, 2.45) is 0 Å². The molecule has 0 aliphatic carbocycles. The monoisotopic (exact) mass is 470 g/mol. The van der Waals surface area contributed by atoms with Crippen LogP contribution in [0.4, 0.5) is 4.39 Å². The minimum atomic E-state index is -0.308. The summed E-state index contributed by atoms with van der Waals surface area (Å²) in [5.41, 5.74) is 0.846. The Kier molecular flexibility index (Phi) is 8.88. The topological polar surface area (TPSA) is 40.6 Å². The second-order valence-corrected chi connectivity index (χ2v) is 9.75. The molecule has 0 saturated heterocycles. The van der Waals surface area contributed by atoms with Gasteiger partial charge in [0.15, 0.2) is 0 Å². The van der Waals surface area contributed by atoms with E-state index in [4.69, 9.17) is 0 Å². The number of nitrogens with zero attached hydrogens (tertiary/aromatic N) is 2. The number of benzene rings is 2. The van der Waals surface area contributed by atoms with Crippen molar-refractivity contribution in [1.29, 1.82) is 0 Å². The molecule has 4 nitrogen and oxygen atoms in total. The fraction of sp³-hybridized carbons (Fsp3) is 0.280. The minimum absolute atomic E-state index is 0.0123. The zero-order valence-electron chi connectivity index (χ0n) is 18.2. The lowest BCUT2D eigenvalue weighted by molar-refractivity contribution is -0.141. The van der Waals surface area contributed by atoms with Gasteiger partial charge in [-0.05, 0) is 55.1 Å². The predicted molar refractivity (Wildman–Crippen MR) is 129 cm³/mol. The number of halogens is 1. The highest BCUT2D eigenvalue weighted by Crippen LogP contribution is 2.19. The zero-order valence-corrected chi connectivity index (χ0v) is 19.9. The SMILES string of the molecule is CC(C)N(CC(=O)N(Cc1ccc(F)cc1)Cc1cccs1)C(=O)CSc1ccccc1. The highest BCUT2D eigenvalue weighted by molar-refractivity contribution is 8.00. The van der Waals surface area contributed by atoms with Crippen molar-refractivity contribution in [3.05, 3.63) is 88.4 Å². The number of rotatable bonds is 10. The van der Waals surface area contributed by atoms with Gasteiger partial charge < -0.3 is 9.80 Å². The Bertz CT molecular complexity index is 993. The van der Waals surface area contributed by atoms with Gasteiger partial charge in [-0.15, -0.1) is 23.1 Å². The fourth-order valence-corrected chi connectivity index (χ4v) is 4.71. The maximum Gasteiger partial charge on any atom is 0.242 e. The van der Waals surface area contributed by atoms with Crippen LogP contribution in [0.15, 0.2) is 77.0 Å². The van der Waals surface area contributed by atoms with E-state index in [0.717, 1.165) is 15.3 Å². The van der Waals surface area contributed by atoms with Gasteiger partial charge in [0.1, 0.15) is 12.4 Å². The molecule has 0 unspecified atom stereocenters. The number of amides is 2. The lowest BCUT2D eigenvalue weighted by Crippen LogP contribution is -2.46. The van der Waals surface area contributed by atoms with Crippen molar-refractivity contribution in [2.75, 3.05) is 12.3 Å². The molecular weight excluding hydrogens is 443 g/mol. The largest absolute Gasteiger partial charge is 0.332 e. The van der Waals surface area contributed by atoms with E-state index >= 15 is 0 Å². The van der Waals surface area contributed by atoms with Crippen LogP contribution in [0.2, 0.25) is 0 Å². The van der Waals surface area contributed by atoms with Crippen molar-refractivity contribution >= 4 is 34.9 Å². The van der Waals surface area contributed by atoms with Crippen molar-refractivity contribution in [1.82, 2.24) is 9.80 Å². The summed E-state index contributed by atoms with van der Waals surface area (Å²) in [6.45, 7) is 4.66. The Hall–Kier alpha value is -2.64. The number of thioether (sulfide) groups is 1. The maximum atomic E-state index is 13.3.